The second-order valence-electron chi connectivity index (χ2n) is 4.68. The maximum Gasteiger partial charge on any atom is 0.305 e. The normalized spacial score (nSPS) is 20.9. The quantitative estimate of drug-likeness (QED) is 0.846. The lowest BCUT2D eigenvalue weighted by molar-refractivity contribution is -0.137. The minimum absolute atomic E-state index is 0.170. The molecule has 1 heterocycles. The highest BCUT2D eigenvalue weighted by atomic mass is 32.2. The van der Waals surface area contributed by atoms with Gasteiger partial charge in [0.05, 0.1) is 28.8 Å². The lowest BCUT2D eigenvalue weighted by Crippen LogP contribution is -2.36. The molecule has 5 nitrogen and oxygen atoms in total. The molecule has 0 saturated carbocycles. The van der Waals surface area contributed by atoms with Crippen molar-refractivity contribution in [2.75, 3.05) is 11.1 Å². The fraction of sp³-hybridized carbons (Fsp3) is 0.417. The predicted octanol–water partition coefficient (Wildman–Crippen LogP) is 1.35. The van der Waals surface area contributed by atoms with Crippen LogP contribution in [0.3, 0.4) is 0 Å². The second kappa shape index (κ2) is 4.28. The van der Waals surface area contributed by atoms with Gasteiger partial charge in [-0.25, -0.2) is 8.42 Å². The molecule has 1 aliphatic rings. The van der Waals surface area contributed by atoms with Crippen LogP contribution in [0.5, 0.6) is 0 Å². The van der Waals surface area contributed by atoms with Gasteiger partial charge in [-0.3, -0.25) is 4.79 Å². The molecule has 1 atom stereocenters. The van der Waals surface area contributed by atoms with Crippen molar-refractivity contribution in [3.8, 4) is 0 Å². The molecule has 1 aromatic rings. The Balaban J connectivity index is 2.50. The molecule has 0 aliphatic carbocycles. The highest BCUT2D eigenvalue weighted by Crippen LogP contribution is 2.33. The van der Waals surface area contributed by atoms with Gasteiger partial charge in [0.1, 0.15) is 0 Å². The van der Waals surface area contributed by atoms with Crippen LogP contribution < -0.4 is 5.32 Å². The SMILES string of the molecule is Cc1cc(C)c2c(c1)NC(CC(=O)O)CS2(=O)=O. The standard InChI is InChI=1S/C12H15NO4S/c1-7-3-8(2)12-10(4-7)13-9(5-11(14)15)6-18(12,16)17/h3-4,9,13H,5-6H2,1-2H3,(H,14,15). The van der Waals surface area contributed by atoms with E-state index in [1.54, 1.807) is 13.0 Å². The zero-order valence-corrected chi connectivity index (χ0v) is 11.0. The molecular formula is C12H15NO4S. The molecule has 0 aromatic heterocycles. The van der Waals surface area contributed by atoms with Gasteiger partial charge in [0.2, 0.25) is 0 Å². The molecule has 0 saturated heterocycles. The van der Waals surface area contributed by atoms with E-state index in [0.29, 0.717) is 16.1 Å². The summed E-state index contributed by atoms with van der Waals surface area (Å²) in [7, 11) is -3.41. The number of aliphatic carboxylic acids is 1. The van der Waals surface area contributed by atoms with Crippen LogP contribution in [0.15, 0.2) is 17.0 Å². The molecule has 1 aromatic carbocycles. The molecule has 0 radical (unpaired) electrons. The zero-order chi connectivity index (χ0) is 13.5. The van der Waals surface area contributed by atoms with Crippen LogP contribution >= 0.6 is 0 Å². The van der Waals surface area contributed by atoms with Crippen LogP contribution in [-0.4, -0.2) is 31.3 Å². The fourth-order valence-corrected chi connectivity index (χ4v) is 4.30. The summed E-state index contributed by atoms with van der Waals surface area (Å²) in [6.07, 6.45) is -0.203. The minimum atomic E-state index is -3.41. The minimum Gasteiger partial charge on any atom is -0.481 e. The zero-order valence-electron chi connectivity index (χ0n) is 10.2. The summed E-state index contributed by atoms with van der Waals surface area (Å²) < 4.78 is 24.3. The van der Waals surface area contributed by atoms with Crippen LogP contribution in [0.25, 0.3) is 0 Å². The van der Waals surface area contributed by atoms with E-state index < -0.39 is 21.8 Å². The van der Waals surface area contributed by atoms with Gasteiger partial charge in [0.15, 0.2) is 9.84 Å². The van der Waals surface area contributed by atoms with E-state index in [4.69, 9.17) is 5.11 Å². The van der Waals surface area contributed by atoms with Gasteiger partial charge in [-0.05, 0) is 31.0 Å². The Labute approximate surface area is 106 Å². The van der Waals surface area contributed by atoms with Gasteiger partial charge in [-0.2, -0.15) is 0 Å². The Morgan fingerprint density at radius 2 is 2.11 bits per heavy atom. The number of carboxylic acid groups (broad SMARTS) is 1. The number of rotatable bonds is 2. The molecule has 0 fully saturated rings. The van der Waals surface area contributed by atoms with E-state index in [-0.39, 0.29) is 12.2 Å². The van der Waals surface area contributed by atoms with Crippen LogP contribution in [0.2, 0.25) is 0 Å². The van der Waals surface area contributed by atoms with Gasteiger partial charge in [-0.15, -0.1) is 0 Å². The first-order valence-electron chi connectivity index (χ1n) is 5.62. The number of nitrogens with one attached hydrogen (secondary N) is 1. The molecule has 0 spiro atoms. The molecule has 1 unspecified atom stereocenters. The first kappa shape index (κ1) is 12.9. The Kier molecular flexibility index (Phi) is 3.06. The molecule has 1 aliphatic heterocycles. The average molecular weight is 269 g/mol. The number of hydrogen-bond acceptors (Lipinski definition) is 4. The summed E-state index contributed by atoms with van der Waals surface area (Å²) in [4.78, 5) is 11.0. The van der Waals surface area contributed by atoms with Gasteiger partial charge in [-0.1, -0.05) is 6.07 Å². The van der Waals surface area contributed by atoms with Crippen molar-refractivity contribution in [2.24, 2.45) is 0 Å². The van der Waals surface area contributed by atoms with Crippen molar-refractivity contribution in [2.45, 2.75) is 31.2 Å². The first-order valence-corrected chi connectivity index (χ1v) is 7.27. The highest BCUT2D eigenvalue weighted by Gasteiger charge is 2.32. The molecule has 0 amide bonds. The smallest absolute Gasteiger partial charge is 0.305 e. The average Bonchev–Trinajstić information content (AvgIpc) is 2.11. The number of aryl methyl sites for hydroxylation is 2. The fourth-order valence-electron chi connectivity index (χ4n) is 2.40. The number of sulfone groups is 1. The van der Waals surface area contributed by atoms with Gasteiger partial charge in [0.25, 0.3) is 0 Å². The van der Waals surface area contributed by atoms with E-state index in [1.165, 1.54) is 0 Å². The maximum absolute atomic E-state index is 12.2. The first-order chi connectivity index (χ1) is 8.29. The Morgan fingerprint density at radius 1 is 1.44 bits per heavy atom. The van der Waals surface area contributed by atoms with E-state index in [0.717, 1.165) is 5.56 Å². The highest BCUT2D eigenvalue weighted by molar-refractivity contribution is 7.91. The lowest BCUT2D eigenvalue weighted by Gasteiger charge is -2.27. The van der Waals surface area contributed by atoms with Crippen molar-refractivity contribution in [3.63, 3.8) is 0 Å². The third-order valence-corrected chi connectivity index (χ3v) is 4.94. The van der Waals surface area contributed by atoms with Gasteiger partial charge < -0.3 is 10.4 Å². The number of hydrogen-bond donors (Lipinski definition) is 2. The van der Waals surface area contributed by atoms with Gasteiger partial charge in [0, 0.05) is 0 Å². The van der Waals surface area contributed by atoms with Crippen LogP contribution in [0.1, 0.15) is 17.5 Å². The van der Waals surface area contributed by atoms with Crippen molar-refractivity contribution in [3.05, 3.63) is 23.3 Å². The Bertz CT molecular complexity index is 607. The van der Waals surface area contributed by atoms with Crippen molar-refractivity contribution in [1.29, 1.82) is 0 Å². The Hall–Kier alpha value is -1.56. The van der Waals surface area contributed by atoms with Crippen molar-refractivity contribution >= 4 is 21.5 Å². The third-order valence-electron chi connectivity index (χ3n) is 2.93. The molecule has 0 bridgehead atoms. The number of carbonyl (C=O) groups is 1. The number of anilines is 1. The van der Waals surface area contributed by atoms with Crippen LogP contribution in [-0.2, 0) is 14.6 Å². The summed E-state index contributed by atoms with van der Waals surface area (Å²) in [6, 6.07) is 2.99. The van der Waals surface area contributed by atoms with E-state index in [9.17, 15) is 13.2 Å². The molecule has 2 N–H and O–H groups in total. The van der Waals surface area contributed by atoms with E-state index >= 15 is 0 Å². The van der Waals surface area contributed by atoms with Crippen LogP contribution in [0, 0.1) is 13.8 Å². The third kappa shape index (κ3) is 2.33. The lowest BCUT2D eigenvalue weighted by atomic mass is 10.1. The van der Waals surface area contributed by atoms with Crippen molar-refractivity contribution < 1.29 is 18.3 Å². The van der Waals surface area contributed by atoms with E-state index in [1.807, 2.05) is 13.0 Å². The summed E-state index contributed by atoms with van der Waals surface area (Å²) in [6.45, 7) is 3.63. The number of benzene rings is 1. The summed E-state index contributed by atoms with van der Waals surface area (Å²) >= 11 is 0. The van der Waals surface area contributed by atoms with Gasteiger partial charge >= 0.3 is 5.97 Å². The molecule has 98 valence electrons. The molecule has 2 rings (SSSR count). The number of fused-ring (bicyclic) bond motifs is 1. The molecule has 6 heteroatoms. The van der Waals surface area contributed by atoms with Crippen LogP contribution in [0.4, 0.5) is 5.69 Å². The summed E-state index contributed by atoms with van der Waals surface area (Å²) in [5.74, 6) is -1.17. The summed E-state index contributed by atoms with van der Waals surface area (Å²) in [5.41, 5.74) is 2.17. The number of carboxylic acids is 1. The monoisotopic (exact) mass is 269 g/mol. The summed E-state index contributed by atoms with van der Waals surface area (Å²) in [5, 5.41) is 11.8. The second-order valence-corrected chi connectivity index (χ2v) is 6.65. The van der Waals surface area contributed by atoms with E-state index in [2.05, 4.69) is 5.32 Å². The molecular weight excluding hydrogens is 254 g/mol. The topological polar surface area (TPSA) is 83.5 Å². The maximum atomic E-state index is 12.2. The molecule has 18 heavy (non-hydrogen) atoms. The van der Waals surface area contributed by atoms with Crippen molar-refractivity contribution in [1.82, 2.24) is 0 Å². The Morgan fingerprint density at radius 3 is 2.72 bits per heavy atom. The predicted molar refractivity (Wildman–Crippen MR) is 67.6 cm³/mol. The largest absolute Gasteiger partial charge is 0.481 e.